The molecular weight excluding hydrogens is 404 g/mol. The summed E-state index contributed by atoms with van der Waals surface area (Å²) in [6.45, 7) is 4.02. The van der Waals surface area contributed by atoms with Gasteiger partial charge in [-0.1, -0.05) is 6.92 Å². The van der Waals surface area contributed by atoms with Crippen molar-refractivity contribution in [3.8, 4) is 23.0 Å². The van der Waals surface area contributed by atoms with Crippen LogP contribution in [-0.4, -0.2) is 41.1 Å². The van der Waals surface area contributed by atoms with Crippen LogP contribution in [0.4, 0.5) is 0 Å². The van der Waals surface area contributed by atoms with Crippen molar-refractivity contribution >= 4 is 16.7 Å². The lowest BCUT2D eigenvalue weighted by Crippen LogP contribution is -2.39. The molecule has 8 heteroatoms. The first-order chi connectivity index (χ1) is 14.4. The van der Waals surface area contributed by atoms with E-state index in [2.05, 4.69) is 17.2 Å². The molecule has 7 nitrogen and oxygen atoms in total. The molecule has 1 aliphatic rings. The zero-order valence-corrected chi connectivity index (χ0v) is 18.8. The summed E-state index contributed by atoms with van der Waals surface area (Å²) < 4.78 is 28.9. The Morgan fingerprint density at radius 2 is 1.90 bits per heavy atom. The van der Waals surface area contributed by atoms with Crippen LogP contribution in [0.1, 0.15) is 44.1 Å². The number of hydrogen-bond donors (Lipinski definition) is 1. The minimum absolute atomic E-state index is 0.0238. The standard InChI is InChI=1S/C22H30N2O5S/c1-14-5-8-17(9-6-14)23-21(25)13-30(26)12-18-15(2)29-22(24-18)16-7-10-19(27-3)20(11-16)28-4/h7,10-11,14,17H,5-6,8-9,12-13H2,1-4H3,(H,23,25)/t14?,17?,30-/m1/s1. The second-order valence-electron chi connectivity index (χ2n) is 7.84. The van der Waals surface area contributed by atoms with Gasteiger partial charge in [-0.15, -0.1) is 0 Å². The van der Waals surface area contributed by atoms with Gasteiger partial charge >= 0.3 is 0 Å². The lowest BCUT2D eigenvalue weighted by atomic mass is 9.87. The largest absolute Gasteiger partial charge is 0.493 e. The molecule has 30 heavy (non-hydrogen) atoms. The fraction of sp³-hybridized carbons (Fsp3) is 0.545. The summed E-state index contributed by atoms with van der Waals surface area (Å²) in [6.07, 6.45) is 4.25. The van der Waals surface area contributed by atoms with E-state index in [-0.39, 0.29) is 23.5 Å². The zero-order valence-electron chi connectivity index (χ0n) is 18.0. The highest BCUT2D eigenvalue weighted by Crippen LogP contribution is 2.32. The van der Waals surface area contributed by atoms with Crippen LogP contribution in [0.25, 0.3) is 11.5 Å². The number of nitrogens with one attached hydrogen (secondary N) is 1. The summed E-state index contributed by atoms with van der Waals surface area (Å²) in [5.74, 6) is 2.92. The van der Waals surface area contributed by atoms with Gasteiger partial charge in [0, 0.05) is 22.4 Å². The number of rotatable bonds is 8. The zero-order chi connectivity index (χ0) is 21.7. The Hall–Kier alpha value is -2.35. The summed E-state index contributed by atoms with van der Waals surface area (Å²) in [5, 5.41) is 3.02. The molecule has 3 rings (SSSR count). The monoisotopic (exact) mass is 434 g/mol. The number of nitrogens with zero attached hydrogens (tertiary/aromatic N) is 1. The number of aromatic nitrogens is 1. The minimum Gasteiger partial charge on any atom is -0.493 e. The van der Waals surface area contributed by atoms with E-state index in [1.165, 1.54) is 0 Å². The number of aryl methyl sites for hydroxylation is 1. The Bertz CT molecular complexity index is 903. The quantitative estimate of drug-likeness (QED) is 0.683. The highest BCUT2D eigenvalue weighted by molar-refractivity contribution is 7.84. The predicted molar refractivity (Wildman–Crippen MR) is 116 cm³/mol. The smallest absolute Gasteiger partial charge is 0.232 e. The van der Waals surface area contributed by atoms with Crippen molar-refractivity contribution in [3.63, 3.8) is 0 Å². The van der Waals surface area contributed by atoms with Crippen molar-refractivity contribution in [2.75, 3.05) is 20.0 Å². The highest BCUT2D eigenvalue weighted by atomic mass is 32.2. The van der Waals surface area contributed by atoms with Gasteiger partial charge in [0.05, 0.1) is 25.7 Å². The van der Waals surface area contributed by atoms with E-state index in [0.717, 1.165) is 37.2 Å². The molecule has 1 fully saturated rings. The van der Waals surface area contributed by atoms with Gasteiger partial charge in [0.15, 0.2) is 11.5 Å². The van der Waals surface area contributed by atoms with Gasteiger partial charge in [0.2, 0.25) is 11.8 Å². The van der Waals surface area contributed by atoms with E-state index >= 15 is 0 Å². The van der Waals surface area contributed by atoms with Gasteiger partial charge in [-0.25, -0.2) is 4.98 Å². The molecule has 0 radical (unpaired) electrons. The Balaban J connectivity index is 1.60. The Morgan fingerprint density at radius 1 is 1.20 bits per heavy atom. The van der Waals surface area contributed by atoms with Crippen LogP contribution in [0.2, 0.25) is 0 Å². The molecule has 1 heterocycles. The number of oxazole rings is 1. The molecule has 164 valence electrons. The number of ether oxygens (including phenoxy) is 2. The first-order valence-electron chi connectivity index (χ1n) is 10.2. The number of carbonyl (C=O) groups excluding carboxylic acids is 1. The van der Waals surface area contributed by atoms with Gasteiger partial charge in [0.25, 0.3) is 0 Å². The van der Waals surface area contributed by atoms with Crippen LogP contribution in [0, 0.1) is 12.8 Å². The van der Waals surface area contributed by atoms with Crippen LogP contribution in [0.5, 0.6) is 11.5 Å². The number of amides is 1. The normalized spacial score (nSPS) is 19.9. The van der Waals surface area contributed by atoms with Crippen LogP contribution in [0.3, 0.4) is 0 Å². The second-order valence-corrected chi connectivity index (χ2v) is 9.30. The van der Waals surface area contributed by atoms with Crippen molar-refractivity contribution in [2.24, 2.45) is 5.92 Å². The third kappa shape index (κ3) is 5.62. The fourth-order valence-electron chi connectivity index (χ4n) is 3.68. The van der Waals surface area contributed by atoms with Crippen LogP contribution in [-0.2, 0) is 21.3 Å². The third-order valence-corrected chi connectivity index (χ3v) is 6.67. The molecule has 1 atom stereocenters. The van der Waals surface area contributed by atoms with Crippen molar-refractivity contribution in [1.29, 1.82) is 0 Å². The SMILES string of the molecule is COc1ccc(-c2nc(C[S@@](=O)CC(=O)NC3CCC(C)CC3)c(C)o2)cc1OC. The molecule has 1 aromatic heterocycles. The summed E-state index contributed by atoms with van der Waals surface area (Å²) in [6, 6.07) is 5.59. The van der Waals surface area contributed by atoms with E-state index in [1.54, 1.807) is 33.3 Å². The Labute approximate surface area is 180 Å². The molecule has 0 saturated heterocycles. The molecule has 1 amide bonds. The average Bonchev–Trinajstić information content (AvgIpc) is 3.09. The Kier molecular flexibility index (Phi) is 7.53. The van der Waals surface area contributed by atoms with Crippen molar-refractivity contribution in [2.45, 2.75) is 51.3 Å². The first kappa shape index (κ1) is 22.3. The maximum absolute atomic E-state index is 12.5. The topological polar surface area (TPSA) is 90.7 Å². The molecule has 0 spiro atoms. The van der Waals surface area contributed by atoms with Crippen LogP contribution >= 0.6 is 0 Å². The number of carbonyl (C=O) groups is 1. The van der Waals surface area contributed by atoms with E-state index in [4.69, 9.17) is 13.9 Å². The molecule has 1 aromatic carbocycles. The highest BCUT2D eigenvalue weighted by Gasteiger charge is 2.21. The van der Waals surface area contributed by atoms with Gasteiger partial charge in [-0.05, 0) is 56.7 Å². The molecule has 0 unspecified atom stereocenters. The molecular formula is C22H30N2O5S. The predicted octanol–water partition coefficient (Wildman–Crippen LogP) is 3.61. The Morgan fingerprint density at radius 3 is 2.57 bits per heavy atom. The second kappa shape index (κ2) is 10.1. The average molecular weight is 435 g/mol. The van der Waals surface area contributed by atoms with Crippen LogP contribution in [0.15, 0.2) is 22.6 Å². The first-order valence-corrected chi connectivity index (χ1v) is 11.7. The lowest BCUT2D eigenvalue weighted by molar-refractivity contribution is -0.119. The fourth-order valence-corrected chi connectivity index (χ4v) is 4.73. The minimum atomic E-state index is -1.36. The van der Waals surface area contributed by atoms with E-state index < -0.39 is 10.8 Å². The maximum atomic E-state index is 12.5. The van der Waals surface area contributed by atoms with Crippen molar-refractivity contribution in [3.05, 3.63) is 29.7 Å². The van der Waals surface area contributed by atoms with Gasteiger partial charge in [-0.3, -0.25) is 9.00 Å². The van der Waals surface area contributed by atoms with E-state index in [0.29, 0.717) is 28.8 Å². The van der Waals surface area contributed by atoms with Crippen LogP contribution < -0.4 is 14.8 Å². The van der Waals surface area contributed by atoms with Crippen molar-refractivity contribution in [1.82, 2.24) is 10.3 Å². The van der Waals surface area contributed by atoms with Gasteiger partial charge in [0.1, 0.15) is 11.5 Å². The van der Waals surface area contributed by atoms with E-state index in [9.17, 15) is 9.00 Å². The van der Waals surface area contributed by atoms with Crippen molar-refractivity contribution < 1.29 is 22.9 Å². The molecule has 2 aromatic rings. The number of methoxy groups -OCH3 is 2. The summed E-state index contributed by atoms with van der Waals surface area (Å²) in [4.78, 5) is 16.8. The summed E-state index contributed by atoms with van der Waals surface area (Å²) >= 11 is 0. The van der Waals surface area contributed by atoms with Gasteiger partial charge < -0.3 is 19.2 Å². The van der Waals surface area contributed by atoms with E-state index in [1.807, 2.05) is 6.07 Å². The molecule has 1 saturated carbocycles. The molecule has 0 bridgehead atoms. The summed E-state index contributed by atoms with van der Waals surface area (Å²) in [5.41, 5.74) is 1.33. The number of benzene rings is 1. The lowest BCUT2D eigenvalue weighted by Gasteiger charge is -2.26. The number of hydrogen-bond acceptors (Lipinski definition) is 6. The molecule has 1 aliphatic carbocycles. The third-order valence-electron chi connectivity index (χ3n) is 5.49. The summed E-state index contributed by atoms with van der Waals surface area (Å²) in [7, 11) is 1.78. The maximum Gasteiger partial charge on any atom is 0.232 e. The molecule has 0 aliphatic heterocycles. The van der Waals surface area contributed by atoms with Gasteiger partial charge in [-0.2, -0.15) is 0 Å². The molecule has 1 N–H and O–H groups in total.